The number of hydrogen-bond acceptors (Lipinski definition) is 2. The topological polar surface area (TPSA) is 24.9 Å². The molecule has 0 fully saturated rings. The van der Waals surface area contributed by atoms with Gasteiger partial charge in [0.15, 0.2) is 0 Å². The van der Waals surface area contributed by atoms with E-state index < -0.39 is 18.8 Å². The fourth-order valence-electron chi connectivity index (χ4n) is 1.92. The van der Waals surface area contributed by atoms with Crippen LogP contribution in [0.2, 0.25) is 0 Å². The van der Waals surface area contributed by atoms with Crippen molar-refractivity contribution in [1.29, 1.82) is 0 Å². The van der Waals surface area contributed by atoms with E-state index in [1.165, 1.54) is 0 Å². The Morgan fingerprint density at radius 1 is 1.10 bits per heavy atom. The van der Waals surface area contributed by atoms with Gasteiger partial charge in [0.1, 0.15) is 0 Å². The summed E-state index contributed by atoms with van der Waals surface area (Å²) in [5.74, 6) is 0. The van der Waals surface area contributed by atoms with Crippen molar-refractivity contribution in [3.8, 4) is 0 Å². The molecule has 2 rings (SSSR count). The van der Waals surface area contributed by atoms with Gasteiger partial charge in [-0.15, -0.1) is 0 Å². The number of rotatable bonds is 4. The highest BCUT2D eigenvalue weighted by Crippen LogP contribution is 2.22. The Hall–Kier alpha value is -1.88. The summed E-state index contributed by atoms with van der Waals surface area (Å²) in [5.41, 5.74) is 2.39. The van der Waals surface area contributed by atoms with Crippen LogP contribution >= 0.6 is 0 Å². The van der Waals surface area contributed by atoms with E-state index in [9.17, 15) is 13.2 Å². The lowest BCUT2D eigenvalue weighted by Gasteiger charge is -2.20. The molecule has 0 saturated heterocycles. The minimum absolute atomic E-state index is 0.570. The van der Waals surface area contributed by atoms with Crippen LogP contribution in [0.4, 0.5) is 13.2 Å². The van der Waals surface area contributed by atoms with Crippen LogP contribution in [0.1, 0.15) is 22.9 Å². The molecule has 1 N–H and O–H groups in total. The number of pyridine rings is 1. The molecule has 106 valence electrons. The Morgan fingerprint density at radius 2 is 1.80 bits per heavy atom. The van der Waals surface area contributed by atoms with Crippen molar-refractivity contribution >= 4 is 0 Å². The minimum Gasteiger partial charge on any atom is -0.297 e. The van der Waals surface area contributed by atoms with Crippen LogP contribution < -0.4 is 5.32 Å². The van der Waals surface area contributed by atoms with Crippen molar-refractivity contribution in [2.45, 2.75) is 19.1 Å². The second-order valence-corrected chi connectivity index (χ2v) is 4.59. The van der Waals surface area contributed by atoms with E-state index in [1.807, 2.05) is 31.2 Å². The third kappa shape index (κ3) is 4.06. The quantitative estimate of drug-likeness (QED) is 0.925. The van der Waals surface area contributed by atoms with Crippen molar-refractivity contribution in [3.05, 3.63) is 65.5 Å². The van der Waals surface area contributed by atoms with Crippen molar-refractivity contribution < 1.29 is 13.2 Å². The van der Waals surface area contributed by atoms with Gasteiger partial charge in [0.2, 0.25) is 0 Å². The van der Waals surface area contributed by atoms with E-state index in [1.54, 1.807) is 24.4 Å². The van der Waals surface area contributed by atoms with E-state index in [0.717, 1.165) is 11.1 Å². The number of benzene rings is 1. The first-order chi connectivity index (χ1) is 9.46. The Kier molecular flexibility index (Phi) is 4.39. The predicted octanol–water partition coefficient (Wildman–Crippen LogP) is 3.63. The molecule has 1 aromatic carbocycles. The number of halogens is 3. The summed E-state index contributed by atoms with van der Waals surface area (Å²) in [7, 11) is 0. The summed E-state index contributed by atoms with van der Waals surface area (Å²) in [4.78, 5) is 4.15. The molecule has 0 bridgehead atoms. The molecular weight excluding hydrogens is 265 g/mol. The van der Waals surface area contributed by atoms with Crippen molar-refractivity contribution in [3.63, 3.8) is 0 Å². The normalized spacial score (nSPS) is 13.2. The lowest BCUT2D eigenvalue weighted by atomic mass is 10.0. The first-order valence-corrected chi connectivity index (χ1v) is 6.23. The highest BCUT2D eigenvalue weighted by molar-refractivity contribution is 5.30. The van der Waals surface area contributed by atoms with Gasteiger partial charge in [-0.3, -0.25) is 10.3 Å². The number of aromatic nitrogens is 1. The summed E-state index contributed by atoms with van der Waals surface area (Å²) >= 11 is 0. The fraction of sp³-hybridized carbons (Fsp3) is 0.267. The molecule has 5 heteroatoms. The molecule has 0 spiro atoms. The summed E-state index contributed by atoms with van der Waals surface area (Å²) in [6, 6.07) is 12.0. The zero-order valence-corrected chi connectivity index (χ0v) is 11.0. The fourth-order valence-corrected chi connectivity index (χ4v) is 1.92. The Morgan fingerprint density at radius 3 is 2.35 bits per heavy atom. The van der Waals surface area contributed by atoms with Gasteiger partial charge in [-0.1, -0.05) is 35.9 Å². The lowest BCUT2D eigenvalue weighted by Crippen LogP contribution is -2.33. The molecule has 2 nitrogen and oxygen atoms in total. The second-order valence-electron chi connectivity index (χ2n) is 4.59. The predicted molar refractivity (Wildman–Crippen MR) is 71.3 cm³/mol. The maximum atomic E-state index is 12.4. The SMILES string of the molecule is Cc1ccc([C@@H](NCC(F)(F)F)c2ccccn2)cc1. The van der Waals surface area contributed by atoms with Crippen LogP contribution in [0.25, 0.3) is 0 Å². The molecule has 0 amide bonds. The molecule has 0 aliphatic heterocycles. The Balaban J connectivity index is 2.27. The third-order valence-corrected chi connectivity index (χ3v) is 2.90. The van der Waals surface area contributed by atoms with Crippen molar-refractivity contribution in [2.75, 3.05) is 6.54 Å². The molecular formula is C15H15F3N2. The van der Waals surface area contributed by atoms with Crippen LogP contribution in [0, 0.1) is 6.92 Å². The number of hydrogen-bond donors (Lipinski definition) is 1. The van der Waals surface area contributed by atoms with E-state index in [4.69, 9.17) is 0 Å². The summed E-state index contributed by atoms with van der Waals surface area (Å²) in [6.07, 6.45) is -2.68. The van der Waals surface area contributed by atoms with Gasteiger partial charge in [-0.05, 0) is 24.6 Å². The van der Waals surface area contributed by atoms with Crippen LogP contribution in [0.15, 0.2) is 48.7 Å². The van der Waals surface area contributed by atoms with E-state index in [2.05, 4.69) is 10.3 Å². The number of nitrogens with one attached hydrogen (secondary N) is 1. The molecule has 0 radical (unpaired) electrons. The summed E-state index contributed by atoms with van der Waals surface area (Å²) < 4.78 is 37.3. The molecule has 0 saturated carbocycles. The van der Waals surface area contributed by atoms with E-state index in [0.29, 0.717) is 5.69 Å². The van der Waals surface area contributed by atoms with Crippen LogP contribution in [0.3, 0.4) is 0 Å². The average molecular weight is 280 g/mol. The molecule has 0 aliphatic carbocycles. The molecule has 2 aromatic rings. The highest BCUT2D eigenvalue weighted by Gasteiger charge is 2.29. The van der Waals surface area contributed by atoms with Gasteiger partial charge in [0.25, 0.3) is 0 Å². The molecule has 20 heavy (non-hydrogen) atoms. The number of alkyl halides is 3. The van der Waals surface area contributed by atoms with Gasteiger partial charge in [-0.25, -0.2) is 0 Å². The van der Waals surface area contributed by atoms with Crippen LogP contribution in [-0.4, -0.2) is 17.7 Å². The third-order valence-electron chi connectivity index (χ3n) is 2.90. The Labute approximate surface area is 115 Å². The lowest BCUT2D eigenvalue weighted by molar-refractivity contribution is -0.125. The van der Waals surface area contributed by atoms with E-state index in [-0.39, 0.29) is 0 Å². The summed E-state index contributed by atoms with van der Waals surface area (Å²) in [5, 5.41) is 2.52. The molecule has 1 heterocycles. The standard InChI is InChI=1S/C15H15F3N2/c1-11-5-7-12(8-6-11)14(20-10-15(16,17)18)13-4-2-3-9-19-13/h2-9,14,20H,10H2,1H3/t14-/m1/s1. The monoisotopic (exact) mass is 280 g/mol. The second kappa shape index (κ2) is 6.05. The first-order valence-electron chi connectivity index (χ1n) is 6.23. The van der Waals surface area contributed by atoms with Crippen molar-refractivity contribution in [2.24, 2.45) is 0 Å². The van der Waals surface area contributed by atoms with Gasteiger partial charge < -0.3 is 0 Å². The van der Waals surface area contributed by atoms with Crippen LogP contribution in [-0.2, 0) is 0 Å². The summed E-state index contributed by atoms with van der Waals surface area (Å²) in [6.45, 7) is 0.880. The molecule has 0 unspecified atom stereocenters. The van der Waals surface area contributed by atoms with Gasteiger partial charge in [0, 0.05) is 6.20 Å². The molecule has 0 aliphatic rings. The molecule has 1 aromatic heterocycles. The van der Waals surface area contributed by atoms with E-state index >= 15 is 0 Å². The molecule has 1 atom stereocenters. The smallest absolute Gasteiger partial charge is 0.297 e. The minimum atomic E-state index is -4.25. The van der Waals surface area contributed by atoms with Crippen molar-refractivity contribution in [1.82, 2.24) is 10.3 Å². The largest absolute Gasteiger partial charge is 0.401 e. The average Bonchev–Trinajstić information content (AvgIpc) is 2.41. The first kappa shape index (κ1) is 14.5. The zero-order chi connectivity index (χ0) is 14.6. The highest BCUT2D eigenvalue weighted by atomic mass is 19.4. The van der Waals surface area contributed by atoms with Gasteiger partial charge in [0.05, 0.1) is 18.3 Å². The van der Waals surface area contributed by atoms with Crippen LogP contribution in [0.5, 0.6) is 0 Å². The maximum absolute atomic E-state index is 12.4. The van der Waals surface area contributed by atoms with Gasteiger partial charge in [-0.2, -0.15) is 13.2 Å². The number of nitrogens with zero attached hydrogens (tertiary/aromatic N) is 1. The Bertz CT molecular complexity index is 535. The zero-order valence-electron chi connectivity index (χ0n) is 11.0. The number of aryl methyl sites for hydroxylation is 1. The van der Waals surface area contributed by atoms with Gasteiger partial charge >= 0.3 is 6.18 Å². The maximum Gasteiger partial charge on any atom is 0.401 e.